The first-order valence-corrected chi connectivity index (χ1v) is 9.06. The van der Waals surface area contributed by atoms with Crippen LogP contribution in [0.25, 0.3) is 0 Å². The summed E-state index contributed by atoms with van der Waals surface area (Å²) in [5, 5.41) is -7.84. The monoisotopic (exact) mass is 556 g/mol. The molecule has 0 saturated carbocycles. The van der Waals surface area contributed by atoms with Crippen molar-refractivity contribution in [1.29, 1.82) is 0 Å². The Morgan fingerprint density at radius 1 is 0.606 bits per heavy atom. The number of hydrogen-bond donors (Lipinski definition) is 1. The molecule has 21 heteroatoms. The van der Waals surface area contributed by atoms with Gasteiger partial charge < -0.3 is 0 Å². The Morgan fingerprint density at radius 2 is 0.879 bits per heavy atom. The topological polar surface area (TPSA) is 54.4 Å². The highest BCUT2D eigenvalue weighted by Gasteiger charge is 2.96. The van der Waals surface area contributed by atoms with Gasteiger partial charge in [-0.25, -0.2) is 4.39 Å². The molecule has 200 valence electrons. The van der Waals surface area contributed by atoms with E-state index in [9.17, 15) is 83.1 Å². The second kappa shape index (κ2) is 8.14. The average molecular weight is 556 g/mol. The van der Waals surface area contributed by atoms with Crippen LogP contribution >= 0.6 is 0 Å². The van der Waals surface area contributed by atoms with Crippen molar-refractivity contribution in [3.63, 3.8) is 0 Å². The summed E-state index contributed by atoms with van der Waals surface area (Å²) in [6.07, 6.45) is -7.23. The predicted molar refractivity (Wildman–Crippen MR) is 70.9 cm³/mol. The molecule has 1 unspecified atom stereocenters. The molecule has 0 saturated heterocycles. The molecule has 0 radical (unpaired) electrons. The van der Waals surface area contributed by atoms with Crippen molar-refractivity contribution in [2.24, 2.45) is 0 Å². The Balaban J connectivity index is 6.95. The van der Waals surface area contributed by atoms with Crippen LogP contribution in [-0.4, -0.2) is 65.9 Å². The first kappa shape index (κ1) is 31.7. The maximum atomic E-state index is 13.5. The molecular formula is C12H9F17O3S. The molecule has 0 aliphatic heterocycles. The summed E-state index contributed by atoms with van der Waals surface area (Å²) in [7, 11) is -7.90. The van der Waals surface area contributed by atoms with E-state index in [0.29, 0.717) is 0 Å². The largest absolute Gasteiger partial charge is 0.438 e. The summed E-state index contributed by atoms with van der Waals surface area (Å²) < 4.78 is 254. The average Bonchev–Trinajstić information content (AvgIpc) is 2.59. The third-order valence-corrected chi connectivity index (χ3v) is 4.92. The summed E-state index contributed by atoms with van der Waals surface area (Å²) in [5.74, 6) is -58.5. The predicted octanol–water partition coefficient (Wildman–Crippen LogP) is 6.05. The number of halogens is 17. The number of hydrogen-bond acceptors (Lipinski definition) is 2. The maximum absolute atomic E-state index is 13.5. The third-order valence-electron chi connectivity index (χ3n) is 4.02. The standard InChI is InChI=1S/C12H9F17O3S/c1-2-3-4(13)5(14,15)6(16,17)7(18,19)8(20,21)9(22,23)10(24,25)11(26,27)12(28,29)33(30,31)32/h4H,2-3H2,1H3,(H,30,31,32). The normalized spacial score (nSPS) is 17.3. The summed E-state index contributed by atoms with van der Waals surface area (Å²) in [4.78, 5) is 0. The Morgan fingerprint density at radius 3 is 1.15 bits per heavy atom. The molecule has 0 aromatic carbocycles. The molecule has 0 spiro atoms. The van der Waals surface area contributed by atoms with Crippen LogP contribution in [0.1, 0.15) is 19.8 Å². The molecule has 0 rings (SSSR count). The van der Waals surface area contributed by atoms with Crippen LogP contribution in [0.5, 0.6) is 0 Å². The van der Waals surface area contributed by atoms with Gasteiger partial charge in [0.1, 0.15) is 0 Å². The molecule has 0 aliphatic carbocycles. The van der Waals surface area contributed by atoms with E-state index in [0.717, 1.165) is 6.92 Å². The van der Waals surface area contributed by atoms with Crippen LogP contribution < -0.4 is 0 Å². The van der Waals surface area contributed by atoms with Crippen molar-refractivity contribution in [3.05, 3.63) is 0 Å². The fraction of sp³-hybridized carbons (Fsp3) is 1.00. The molecule has 0 aromatic rings. The minimum Gasteiger partial charge on any atom is -0.281 e. The van der Waals surface area contributed by atoms with E-state index in [1.165, 1.54) is 0 Å². The highest BCUT2D eigenvalue weighted by atomic mass is 32.2. The van der Waals surface area contributed by atoms with Crippen molar-refractivity contribution in [1.82, 2.24) is 0 Å². The van der Waals surface area contributed by atoms with Crippen molar-refractivity contribution in [3.8, 4) is 0 Å². The lowest BCUT2D eigenvalue weighted by Gasteiger charge is -2.43. The Labute approximate surface area is 171 Å². The van der Waals surface area contributed by atoms with Gasteiger partial charge in [-0.2, -0.15) is 78.7 Å². The van der Waals surface area contributed by atoms with E-state index >= 15 is 0 Å². The second-order valence-electron chi connectivity index (χ2n) is 6.32. The van der Waals surface area contributed by atoms with Gasteiger partial charge in [0.05, 0.1) is 0 Å². The lowest BCUT2D eigenvalue weighted by molar-refractivity contribution is -0.451. The van der Waals surface area contributed by atoms with Crippen LogP contribution in [0.4, 0.5) is 74.6 Å². The maximum Gasteiger partial charge on any atom is 0.438 e. The molecule has 0 amide bonds. The SMILES string of the molecule is CCCC(F)C(F)(F)C(F)(F)C(F)(F)C(F)(F)C(F)(F)C(F)(F)C(F)(F)C(F)(F)S(=O)(=O)O. The van der Waals surface area contributed by atoms with E-state index in [1.807, 2.05) is 0 Å². The molecule has 0 bridgehead atoms. The summed E-state index contributed by atoms with van der Waals surface area (Å²) >= 11 is 0. The van der Waals surface area contributed by atoms with E-state index in [-0.39, 0.29) is 0 Å². The second-order valence-corrected chi connectivity index (χ2v) is 7.78. The first-order chi connectivity index (χ1) is 14.0. The number of alkyl halides is 17. The fourth-order valence-electron chi connectivity index (χ4n) is 1.97. The zero-order valence-corrected chi connectivity index (χ0v) is 15.9. The van der Waals surface area contributed by atoms with Gasteiger partial charge >= 0.3 is 56.8 Å². The van der Waals surface area contributed by atoms with Gasteiger partial charge in [-0.1, -0.05) is 13.3 Å². The molecule has 0 aliphatic rings. The molecule has 1 atom stereocenters. The van der Waals surface area contributed by atoms with E-state index < -0.39 is 75.8 Å². The number of rotatable bonds is 11. The van der Waals surface area contributed by atoms with Crippen LogP contribution in [0.15, 0.2) is 0 Å². The summed E-state index contributed by atoms with van der Waals surface area (Å²) in [6, 6.07) is 0. The van der Waals surface area contributed by atoms with Gasteiger partial charge in [-0.3, -0.25) is 4.55 Å². The van der Waals surface area contributed by atoms with Gasteiger partial charge in [-0.15, -0.1) is 0 Å². The summed E-state index contributed by atoms with van der Waals surface area (Å²) in [5.41, 5.74) is 0. The Hall–Kier alpha value is -1.28. The molecule has 3 nitrogen and oxygen atoms in total. The lowest BCUT2D eigenvalue weighted by Crippen LogP contribution is -2.75. The van der Waals surface area contributed by atoms with Crippen LogP contribution in [0.3, 0.4) is 0 Å². The third kappa shape index (κ3) is 3.99. The zero-order valence-electron chi connectivity index (χ0n) is 15.1. The fourth-order valence-corrected chi connectivity index (χ4v) is 2.43. The van der Waals surface area contributed by atoms with E-state index in [4.69, 9.17) is 4.55 Å². The summed E-state index contributed by atoms with van der Waals surface area (Å²) in [6.45, 7) is 0.736. The highest BCUT2D eigenvalue weighted by Crippen LogP contribution is 2.64. The van der Waals surface area contributed by atoms with Gasteiger partial charge in [0.25, 0.3) is 0 Å². The first-order valence-electron chi connectivity index (χ1n) is 7.62. The van der Waals surface area contributed by atoms with Gasteiger partial charge in [0.15, 0.2) is 6.17 Å². The molecule has 0 aromatic heterocycles. The van der Waals surface area contributed by atoms with Gasteiger partial charge in [0.2, 0.25) is 0 Å². The molecule has 0 fully saturated rings. The van der Waals surface area contributed by atoms with Crippen LogP contribution in [0, 0.1) is 0 Å². The Kier molecular flexibility index (Phi) is 7.83. The minimum atomic E-state index is -8.86. The minimum absolute atomic E-state index is 0.736. The zero-order chi connectivity index (χ0) is 27.5. The molecule has 1 N–H and O–H groups in total. The van der Waals surface area contributed by atoms with Gasteiger partial charge in [-0.05, 0) is 6.42 Å². The lowest BCUT2D eigenvalue weighted by atomic mass is 9.87. The van der Waals surface area contributed by atoms with Gasteiger partial charge in [0, 0.05) is 0 Å². The smallest absolute Gasteiger partial charge is 0.281 e. The highest BCUT2D eigenvalue weighted by molar-refractivity contribution is 7.87. The van der Waals surface area contributed by atoms with Crippen molar-refractivity contribution < 1.29 is 87.6 Å². The van der Waals surface area contributed by atoms with E-state index in [1.54, 1.807) is 0 Å². The van der Waals surface area contributed by atoms with Crippen LogP contribution in [-0.2, 0) is 10.1 Å². The van der Waals surface area contributed by atoms with Crippen molar-refractivity contribution in [2.75, 3.05) is 0 Å². The molecular weight excluding hydrogens is 547 g/mol. The van der Waals surface area contributed by atoms with E-state index in [2.05, 4.69) is 0 Å². The van der Waals surface area contributed by atoms with Crippen molar-refractivity contribution in [2.45, 2.75) is 72.6 Å². The quantitative estimate of drug-likeness (QED) is 0.249. The van der Waals surface area contributed by atoms with Crippen LogP contribution in [0.2, 0.25) is 0 Å². The van der Waals surface area contributed by atoms with Crippen molar-refractivity contribution >= 4 is 10.1 Å². The Bertz CT molecular complexity index is 819. The molecule has 33 heavy (non-hydrogen) atoms. The molecule has 0 heterocycles.